The number of aromatic nitrogens is 2. The van der Waals surface area contributed by atoms with Crippen molar-refractivity contribution < 1.29 is 4.79 Å². The van der Waals surface area contributed by atoms with Crippen molar-refractivity contribution in [2.24, 2.45) is 0 Å². The molecular weight excluding hydrogens is 204 g/mol. The van der Waals surface area contributed by atoms with E-state index in [9.17, 15) is 4.79 Å². The van der Waals surface area contributed by atoms with Gasteiger partial charge in [-0.3, -0.25) is 9.97 Å². The van der Waals surface area contributed by atoms with Crippen LogP contribution >= 0.6 is 0 Å². The SMILES string of the molecule is CCN(CC)C(=O)NCc1cnc(C)cn1. The molecule has 0 radical (unpaired) electrons. The van der Waals surface area contributed by atoms with Crippen LogP contribution in [-0.4, -0.2) is 34.0 Å². The second-order valence-corrected chi connectivity index (χ2v) is 3.48. The maximum Gasteiger partial charge on any atom is 0.317 e. The number of rotatable bonds is 4. The van der Waals surface area contributed by atoms with Crippen molar-refractivity contribution in [3.8, 4) is 0 Å². The van der Waals surface area contributed by atoms with Gasteiger partial charge in [-0.15, -0.1) is 0 Å². The number of hydrogen-bond acceptors (Lipinski definition) is 3. The molecule has 1 heterocycles. The van der Waals surface area contributed by atoms with Crippen LogP contribution in [0.15, 0.2) is 12.4 Å². The Morgan fingerprint density at radius 3 is 2.50 bits per heavy atom. The Morgan fingerprint density at radius 1 is 1.31 bits per heavy atom. The second kappa shape index (κ2) is 6.05. The van der Waals surface area contributed by atoms with E-state index in [1.165, 1.54) is 0 Å². The Hall–Kier alpha value is -1.65. The van der Waals surface area contributed by atoms with Gasteiger partial charge in [0.25, 0.3) is 0 Å². The summed E-state index contributed by atoms with van der Waals surface area (Å²) >= 11 is 0. The average Bonchev–Trinajstić information content (AvgIpc) is 2.30. The topological polar surface area (TPSA) is 58.1 Å². The molecule has 0 saturated carbocycles. The van der Waals surface area contributed by atoms with Gasteiger partial charge in [0.2, 0.25) is 0 Å². The Kier molecular flexibility index (Phi) is 4.69. The van der Waals surface area contributed by atoms with Gasteiger partial charge < -0.3 is 10.2 Å². The summed E-state index contributed by atoms with van der Waals surface area (Å²) in [5.41, 5.74) is 1.64. The molecule has 1 rings (SSSR count). The molecule has 0 unspecified atom stereocenters. The van der Waals surface area contributed by atoms with Crippen molar-refractivity contribution >= 4 is 6.03 Å². The standard InChI is InChI=1S/C11H18N4O/c1-4-15(5-2)11(16)14-8-10-7-12-9(3)6-13-10/h6-7H,4-5,8H2,1-3H3,(H,14,16). The minimum atomic E-state index is -0.0626. The van der Waals surface area contributed by atoms with E-state index in [4.69, 9.17) is 0 Å². The molecule has 0 bridgehead atoms. The molecule has 0 fully saturated rings. The van der Waals surface area contributed by atoms with Gasteiger partial charge in [-0.1, -0.05) is 0 Å². The first-order valence-electron chi connectivity index (χ1n) is 5.47. The third-order valence-corrected chi connectivity index (χ3v) is 2.31. The Morgan fingerprint density at radius 2 is 2.00 bits per heavy atom. The second-order valence-electron chi connectivity index (χ2n) is 3.48. The molecule has 0 atom stereocenters. The van der Waals surface area contributed by atoms with Gasteiger partial charge in [0.15, 0.2) is 0 Å². The van der Waals surface area contributed by atoms with Crippen LogP contribution in [-0.2, 0) is 6.54 Å². The molecule has 1 aromatic rings. The summed E-state index contributed by atoms with van der Waals surface area (Å²) < 4.78 is 0. The van der Waals surface area contributed by atoms with Crippen LogP contribution in [0.2, 0.25) is 0 Å². The highest BCUT2D eigenvalue weighted by Gasteiger charge is 2.08. The number of carbonyl (C=O) groups excluding carboxylic acids is 1. The Labute approximate surface area is 95.9 Å². The minimum absolute atomic E-state index is 0.0626. The average molecular weight is 222 g/mol. The molecule has 0 aliphatic heterocycles. The Bertz CT molecular complexity index is 332. The van der Waals surface area contributed by atoms with Gasteiger partial charge in [0.05, 0.1) is 24.1 Å². The lowest BCUT2D eigenvalue weighted by Gasteiger charge is -2.18. The van der Waals surface area contributed by atoms with Gasteiger partial charge >= 0.3 is 6.03 Å². The molecule has 1 N–H and O–H groups in total. The molecule has 16 heavy (non-hydrogen) atoms. The lowest BCUT2D eigenvalue weighted by molar-refractivity contribution is 0.202. The highest BCUT2D eigenvalue weighted by atomic mass is 16.2. The van der Waals surface area contributed by atoms with E-state index in [2.05, 4.69) is 15.3 Å². The maximum atomic E-state index is 11.6. The van der Waals surface area contributed by atoms with Crippen molar-refractivity contribution in [3.63, 3.8) is 0 Å². The summed E-state index contributed by atoms with van der Waals surface area (Å²) in [6.07, 6.45) is 3.37. The van der Waals surface area contributed by atoms with Crippen LogP contribution in [0.3, 0.4) is 0 Å². The number of hydrogen-bond donors (Lipinski definition) is 1. The molecule has 5 nitrogen and oxygen atoms in total. The van der Waals surface area contributed by atoms with Gasteiger partial charge in [0, 0.05) is 19.3 Å². The summed E-state index contributed by atoms with van der Waals surface area (Å²) in [4.78, 5) is 21.6. The molecule has 1 aromatic heterocycles. The van der Waals surface area contributed by atoms with Crippen LogP contribution < -0.4 is 5.32 Å². The molecule has 0 aromatic carbocycles. The summed E-state index contributed by atoms with van der Waals surface area (Å²) in [6.45, 7) is 7.63. The van der Waals surface area contributed by atoms with E-state index in [1.54, 1.807) is 17.3 Å². The number of amides is 2. The third-order valence-electron chi connectivity index (χ3n) is 2.31. The molecule has 0 saturated heterocycles. The monoisotopic (exact) mass is 222 g/mol. The zero-order chi connectivity index (χ0) is 12.0. The third kappa shape index (κ3) is 3.49. The highest BCUT2D eigenvalue weighted by molar-refractivity contribution is 5.73. The summed E-state index contributed by atoms with van der Waals surface area (Å²) in [5.74, 6) is 0. The first-order chi connectivity index (χ1) is 7.67. The zero-order valence-corrected chi connectivity index (χ0v) is 10.0. The summed E-state index contributed by atoms with van der Waals surface area (Å²) in [6, 6.07) is -0.0626. The van der Waals surface area contributed by atoms with Gasteiger partial charge in [-0.2, -0.15) is 0 Å². The minimum Gasteiger partial charge on any atom is -0.332 e. The number of nitrogens with zero attached hydrogens (tertiary/aromatic N) is 3. The fourth-order valence-electron chi connectivity index (χ4n) is 1.30. The predicted molar refractivity (Wildman–Crippen MR) is 61.9 cm³/mol. The van der Waals surface area contributed by atoms with E-state index < -0.39 is 0 Å². The first-order valence-corrected chi connectivity index (χ1v) is 5.47. The fraction of sp³-hybridized carbons (Fsp3) is 0.545. The van der Waals surface area contributed by atoms with Crippen LogP contribution in [0.5, 0.6) is 0 Å². The van der Waals surface area contributed by atoms with Crippen LogP contribution in [0, 0.1) is 6.92 Å². The van der Waals surface area contributed by atoms with Crippen molar-refractivity contribution in [2.45, 2.75) is 27.3 Å². The van der Waals surface area contributed by atoms with E-state index in [0.29, 0.717) is 19.6 Å². The van der Waals surface area contributed by atoms with Crippen LogP contribution in [0.1, 0.15) is 25.2 Å². The summed E-state index contributed by atoms with van der Waals surface area (Å²) in [5, 5.41) is 2.80. The number of aryl methyl sites for hydroxylation is 1. The lowest BCUT2D eigenvalue weighted by atomic mass is 10.4. The van der Waals surface area contributed by atoms with Crippen molar-refractivity contribution in [1.29, 1.82) is 0 Å². The molecule has 5 heteroatoms. The van der Waals surface area contributed by atoms with Crippen molar-refractivity contribution in [2.75, 3.05) is 13.1 Å². The van der Waals surface area contributed by atoms with Crippen molar-refractivity contribution in [3.05, 3.63) is 23.8 Å². The molecule has 0 aliphatic rings. The van der Waals surface area contributed by atoms with E-state index in [-0.39, 0.29) is 6.03 Å². The Balaban J connectivity index is 2.45. The zero-order valence-electron chi connectivity index (χ0n) is 10.0. The van der Waals surface area contributed by atoms with Crippen LogP contribution in [0.4, 0.5) is 4.79 Å². The van der Waals surface area contributed by atoms with E-state index in [0.717, 1.165) is 11.4 Å². The fourth-order valence-corrected chi connectivity index (χ4v) is 1.30. The molecule has 0 spiro atoms. The molecule has 0 aliphatic carbocycles. The van der Waals surface area contributed by atoms with Gasteiger partial charge in [0.1, 0.15) is 0 Å². The number of carbonyl (C=O) groups is 1. The van der Waals surface area contributed by atoms with Crippen LogP contribution in [0.25, 0.3) is 0 Å². The first kappa shape index (κ1) is 12.4. The number of nitrogens with one attached hydrogen (secondary N) is 1. The maximum absolute atomic E-state index is 11.6. The van der Waals surface area contributed by atoms with Gasteiger partial charge in [-0.25, -0.2) is 4.79 Å². The smallest absolute Gasteiger partial charge is 0.317 e. The van der Waals surface area contributed by atoms with E-state index >= 15 is 0 Å². The number of urea groups is 1. The van der Waals surface area contributed by atoms with Crippen molar-refractivity contribution in [1.82, 2.24) is 20.2 Å². The molecule has 2 amide bonds. The predicted octanol–water partition coefficient (Wildman–Crippen LogP) is 1.34. The lowest BCUT2D eigenvalue weighted by Crippen LogP contribution is -2.39. The highest BCUT2D eigenvalue weighted by Crippen LogP contribution is 1.95. The molecule has 88 valence electrons. The molecular formula is C11H18N4O. The van der Waals surface area contributed by atoms with Gasteiger partial charge in [-0.05, 0) is 20.8 Å². The quantitative estimate of drug-likeness (QED) is 0.836. The van der Waals surface area contributed by atoms with E-state index in [1.807, 2.05) is 20.8 Å². The normalized spacial score (nSPS) is 9.94. The summed E-state index contributed by atoms with van der Waals surface area (Å²) in [7, 11) is 0. The largest absolute Gasteiger partial charge is 0.332 e.